The van der Waals surface area contributed by atoms with Crippen molar-refractivity contribution in [3.05, 3.63) is 0 Å². The average Bonchev–Trinajstić information content (AvgIpc) is 2.87. The summed E-state index contributed by atoms with van der Waals surface area (Å²) in [6.45, 7) is 13.2. The van der Waals surface area contributed by atoms with Gasteiger partial charge in [0.25, 0.3) is 0 Å². The van der Waals surface area contributed by atoms with E-state index in [9.17, 15) is 4.79 Å². The zero-order valence-electron chi connectivity index (χ0n) is 15.3. The summed E-state index contributed by atoms with van der Waals surface area (Å²) in [4.78, 5) is 16.2. The summed E-state index contributed by atoms with van der Waals surface area (Å²) >= 11 is 0. The SMILES string of the molecule is CCCCN1CCN(CCC[Si](OCC)(OCC)OCC)C1=O. The van der Waals surface area contributed by atoms with Gasteiger partial charge in [-0.2, -0.15) is 0 Å². The molecule has 0 unspecified atom stereocenters. The van der Waals surface area contributed by atoms with Gasteiger partial charge in [-0.15, -0.1) is 0 Å². The maximum atomic E-state index is 12.3. The van der Waals surface area contributed by atoms with E-state index in [1.807, 2.05) is 30.6 Å². The predicted octanol–water partition coefficient (Wildman–Crippen LogP) is 2.96. The summed E-state index contributed by atoms with van der Waals surface area (Å²) in [5.74, 6) is 0. The summed E-state index contributed by atoms with van der Waals surface area (Å²) in [6.07, 6.45) is 3.06. The van der Waals surface area contributed by atoms with E-state index in [1.54, 1.807) is 0 Å². The van der Waals surface area contributed by atoms with Gasteiger partial charge in [-0.1, -0.05) is 13.3 Å². The molecule has 6 nitrogen and oxygen atoms in total. The van der Waals surface area contributed by atoms with E-state index < -0.39 is 8.80 Å². The molecule has 0 aromatic rings. The van der Waals surface area contributed by atoms with E-state index in [1.165, 1.54) is 0 Å². The molecule has 1 aliphatic rings. The van der Waals surface area contributed by atoms with Gasteiger partial charge >= 0.3 is 14.8 Å². The molecule has 0 aromatic carbocycles. The number of carbonyl (C=O) groups excluding carboxylic acids is 1. The molecule has 23 heavy (non-hydrogen) atoms. The first-order valence-corrected chi connectivity index (χ1v) is 11.0. The molecular formula is C16H34N2O4Si. The Hall–Kier alpha value is -0.633. The van der Waals surface area contributed by atoms with E-state index >= 15 is 0 Å². The molecule has 0 atom stereocenters. The summed E-state index contributed by atoms with van der Waals surface area (Å²) in [5, 5.41) is 0. The van der Waals surface area contributed by atoms with E-state index in [4.69, 9.17) is 13.3 Å². The summed E-state index contributed by atoms with van der Waals surface area (Å²) in [7, 11) is -2.58. The lowest BCUT2D eigenvalue weighted by Gasteiger charge is -2.29. The van der Waals surface area contributed by atoms with E-state index in [2.05, 4.69) is 6.92 Å². The van der Waals surface area contributed by atoms with Crippen molar-refractivity contribution < 1.29 is 18.1 Å². The molecule has 2 amide bonds. The van der Waals surface area contributed by atoms with Crippen molar-refractivity contribution in [2.45, 2.75) is 53.0 Å². The Balaban J connectivity index is 2.45. The van der Waals surface area contributed by atoms with Crippen LogP contribution in [0.3, 0.4) is 0 Å². The van der Waals surface area contributed by atoms with Crippen molar-refractivity contribution in [3.63, 3.8) is 0 Å². The van der Waals surface area contributed by atoms with Crippen LogP contribution in [-0.2, 0) is 13.3 Å². The van der Waals surface area contributed by atoms with Gasteiger partial charge in [0, 0.05) is 52.0 Å². The van der Waals surface area contributed by atoms with Crippen molar-refractivity contribution in [1.82, 2.24) is 9.80 Å². The van der Waals surface area contributed by atoms with Gasteiger partial charge < -0.3 is 23.1 Å². The normalized spacial score (nSPS) is 15.7. The fourth-order valence-corrected chi connectivity index (χ4v) is 5.48. The number of carbonyl (C=O) groups is 1. The molecule has 1 heterocycles. The highest BCUT2D eigenvalue weighted by Gasteiger charge is 2.40. The molecule has 0 aliphatic carbocycles. The molecule has 0 radical (unpaired) electrons. The Morgan fingerprint density at radius 1 is 0.870 bits per heavy atom. The number of unbranched alkanes of at least 4 members (excludes halogenated alkanes) is 1. The van der Waals surface area contributed by atoms with Crippen LogP contribution in [0.2, 0.25) is 6.04 Å². The van der Waals surface area contributed by atoms with Gasteiger partial charge in [-0.25, -0.2) is 4.79 Å². The zero-order valence-corrected chi connectivity index (χ0v) is 16.3. The van der Waals surface area contributed by atoms with Crippen LogP contribution in [-0.4, -0.2) is 70.6 Å². The molecule has 0 bridgehead atoms. The van der Waals surface area contributed by atoms with E-state index in [0.29, 0.717) is 19.8 Å². The largest absolute Gasteiger partial charge is 0.500 e. The third kappa shape index (κ3) is 6.41. The summed E-state index contributed by atoms with van der Waals surface area (Å²) in [6, 6.07) is 0.941. The number of hydrogen-bond donors (Lipinski definition) is 0. The Morgan fingerprint density at radius 2 is 1.35 bits per heavy atom. The van der Waals surface area contributed by atoms with Gasteiger partial charge in [-0.05, 0) is 33.6 Å². The first-order valence-electron chi connectivity index (χ1n) is 9.08. The fraction of sp³-hybridized carbons (Fsp3) is 0.938. The molecule has 7 heteroatoms. The van der Waals surface area contributed by atoms with Crippen LogP contribution in [0.25, 0.3) is 0 Å². The highest BCUT2D eigenvalue weighted by molar-refractivity contribution is 6.60. The zero-order chi connectivity index (χ0) is 17.1. The van der Waals surface area contributed by atoms with Crippen LogP contribution in [0.15, 0.2) is 0 Å². The molecule has 1 aliphatic heterocycles. The lowest BCUT2D eigenvalue weighted by atomic mass is 10.3. The average molecular weight is 347 g/mol. The van der Waals surface area contributed by atoms with E-state index in [0.717, 1.165) is 51.5 Å². The third-order valence-corrected chi connectivity index (χ3v) is 7.12. The second-order valence-corrected chi connectivity index (χ2v) is 8.43. The van der Waals surface area contributed by atoms with E-state index in [-0.39, 0.29) is 6.03 Å². The molecule has 1 fully saturated rings. The number of amides is 2. The first kappa shape index (κ1) is 20.4. The topological polar surface area (TPSA) is 51.2 Å². The van der Waals surface area contributed by atoms with Gasteiger partial charge in [0.05, 0.1) is 0 Å². The highest BCUT2D eigenvalue weighted by Crippen LogP contribution is 2.19. The summed E-state index contributed by atoms with van der Waals surface area (Å²) < 4.78 is 17.6. The van der Waals surface area contributed by atoms with Gasteiger partial charge in [0.15, 0.2) is 0 Å². The molecule has 0 N–H and O–H groups in total. The Morgan fingerprint density at radius 3 is 1.78 bits per heavy atom. The second kappa shape index (κ2) is 11.0. The Kier molecular flexibility index (Phi) is 9.77. The smallest absolute Gasteiger partial charge is 0.374 e. The quantitative estimate of drug-likeness (QED) is 0.481. The molecule has 1 saturated heterocycles. The van der Waals surface area contributed by atoms with Crippen LogP contribution in [0.5, 0.6) is 0 Å². The number of rotatable bonds is 13. The molecular weight excluding hydrogens is 312 g/mol. The first-order chi connectivity index (χ1) is 11.1. The molecule has 136 valence electrons. The minimum Gasteiger partial charge on any atom is -0.374 e. The minimum absolute atomic E-state index is 0.176. The van der Waals surface area contributed by atoms with Crippen molar-refractivity contribution in [2.24, 2.45) is 0 Å². The van der Waals surface area contributed by atoms with Crippen molar-refractivity contribution in [3.8, 4) is 0 Å². The van der Waals surface area contributed by atoms with Crippen LogP contribution >= 0.6 is 0 Å². The Labute approximate surface area is 142 Å². The molecule has 0 spiro atoms. The van der Waals surface area contributed by atoms with Crippen LogP contribution < -0.4 is 0 Å². The van der Waals surface area contributed by atoms with Crippen LogP contribution in [0, 0.1) is 0 Å². The van der Waals surface area contributed by atoms with Gasteiger partial charge in [0.2, 0.25) is 0 Å². The minimum atomic E-state index is -2.58. The number of urea groups is 1. The lowest BCUT2D eigenvalue weighted by Crippen LogP contribution is -2.46. The van der Waals surface area contributed by atoms with Crippen LogP contribution in [0.4, 0.5) is 4.79 Å². The predicted molar refractivity (Wildman–Crippen MR) is 93.5 cm³/mol. The molecule has 0 aromatic heterocycles. The van der Waals surface area contributed by atoms with Crippen LogP contribution in [0.1, 0.15) is 47.0 Å². The molecule has 1 rings (SSSR count). The van der Waals surface area contributed by atoms with Gasteiger partial charge in [-0.3, -0.25) is 0 Å². The molecule has 0 saturated carbocycles. The van der Waals surface area contributed by atoms with Gasteiger partial charge in [0.1, 0.15) is 0 Å². The maximum absolute atomic E-state index is 12.3. The maximum Gasteiger partial charge on any atom is 0.500 e. The van der Waals surface area contributed by atoms with Crippen molar-refractivity contribution in [1.29, 1.82) is 0 Å². The number of hydrogen-bond acceptors (Lipinski definition) is 4. The van der Waals surface area contributed by atoms with Crippen molar-refractivity contribution >= 4 is 14.8 Å². The summed E-state index contributed by atoms with van der Waals surface area (Å²) in [5.41, 5.74) is 0. The second-order valence-electron chi connectivity index (χ2n) is 5.70. The standard InChI is InChI=1S/C16H34N2O4Si/c1-5-9-11-17-13-14-18(16(17)19)12-10-15-23(20-6-2,21-7-3)22-8-4/h5-15H2,1-4H3. The van der Waals surface area contributed by atoms with Crippen molar-refractivity contribution in [2.75, 3.05) is 46.0 Å². The highest BCUT2D eigenvalue weighted by atomic mass is 28.4. The number of nitrogens with zero attached hydrogens (tertiary/aromatic N) is 2. The lowest BCUT2D eigenvalue weighted by molar-refractivity contribution is 0.0702. The fourth-order valence-electron chi connectivity index (χ4n) is 2.88. The third-order valence-electron chi connectivity index (χ3n) is 3.97. The monoisotopic (exact) mass is 346 g/mol. The Bertz CT molecular complexity index is 327.